The summed E-state index contributed by atoms with van der Waals surface area (Å²) in [7, 11) is -1.95. The molecule has 0 fully saturated rings. The summed E-state index contributed by atoms with van der Waals surface area (Å²) < 4.78 is 30.0. The third kappa shape index (κ3) is 3.71. The molecule has 7 heteroatoms. The number of ether oxygens (including phenoxy) is 1. The van der Waals surface area contributed by atoms with Crippen LogP contribution in [0.1, 0.15) is 31.9 Å². The van der Waals surface area contributed by atoms with Gasteiger partial charge in [0.25, 0.3) is 0 Å². The lowest BCUT2D eigenvalue weighted by molar-refractivity contribution is 0.0636. The molecule has 0 unspecified atom stereocenters. The van der Waals surface area contributed by atoms with E-state index in [2.05, 4.69) is 5.32 Å². The summed E-state index contributed by atoms with van der Waals surface area (Å²) >= 11 is 0. The standard InChI is InChI=1S/C15H22N2O4S/c1-15(2,3)21-14(18)16-12-8-10-6-7-11(10)9-13(12)17(4)22(5,19)20/h8-9H,6-7H2,1-5H3,(H,16,18). The van der Waals surface area contributed by atoms with Crippen LogP contribution in [0.5, 0.6) is 0 Å². The Morgan fingerprint density at radius 2 is 1.77 bits per heavy atom. The summed E-state index contributed by atoms with van der Waals surface area (Å²) in [6.07, 6.45) is 2.38. The van der Waals surface area contributed by atoms with E-state index in [9.17, 15) is 13.2 Å². The third-order valence-electron chi connectivity index (χ3n) is 3.45. The molecule has 0 aliphatic heterocycles. The van der Waals surface area contributed by atoms with Gasteiger partial charge in [-0.2, -0.15) is 0 Å². The van der Waals surface area contributed by atoms with Gasteiger partial charge in [0.1, 0.15) is 5.60 Å². The van der Waals surface area contributed by atoms with Crippen LogP contribution in [0, 0.1) is 0 Å². The number of aryl methyl sites for hydroxylation is 2. The highest BCUT2D eigenvalue weighted by Crippen LogP contribution is 2.35. The molecule has 0 heterocycles. The van der Waals surface area contributed by atoms with Gasteiger partial charge in [0.2, 0.25) is 10.0 Å². The van der Waals surface area contributed by atoms with E-state index in [1.165, 1.54) is 7.05 Å². The van der Waals surface area contributed by atoms with Crippen molar-refractivity contribution in [2.45, 2.75) is 39.2 Å². The molecule has 1 N–H and O–H groups in total. The van der Waals surface area contributed by atoms with Gasteiger partial charge in [-0.3, -0.25) is 9.62 Å². The van der Waals surface area contributed by atoms with Crippen LogP contribution in [0.25, 0.3) is 0 Å². The van der Waals surface area contributed by atoms with Crippen LogP contribution in [0.3, 0.4) is 0 Å². The number of hydrogen-bond donors (Lipinski definition) is 1. The van der Waals surface area contributed by atoms with Crippen LogP contribution >= 0.6 is 0 Å². The second-order valence-corrected chi connectivity index (χ2v) is 8.51. The van der Waals surface area contributed by atoms with Crippen molar-refractivity contribution < 1.29 is 17.9 Å². The van der Waals surface area contributed by atoms with Crippen LogP contribution < -0.4 is 9.62 Å². The van der Waals surface area contributed by atoms with Crippen molar-refractivity contribution in [3.63, 3.8) is 0 Å². The normalized spacial score (nSPS) is 13.9. The first-order valence-electron chi connectivity index (χ1n) is 7.07. The minimum atomic E-state index is -3.41. The molecule has 122 valence electrons. The zero-order valence-electron chi connectivity index (χ0n) is 13.6. The lowest BCUT2D eigenvalue weighted by Crippen LogP contribution is -2.30. The molecule has 0 atom stereocenters. The minimum absolute atomic E-state index is 0.445. The predicted octanol–water partition coefficient (Wildman–Crippen LogP) is 2.53. The number of nitrogens with zero attached hydrogens (tertiary/aromatic N) is 1. The van der Waals surface area contributed by atoms with Crippen molar-refractivity contribution in [1.82, 2.24) is 0 Å². The molecule has 0 bridgehead atoms. The number of carbonyl (C=O) groups excluding carboxylic acids is 1. The van der Waals surface area contributed by atoms with Gasteiger partial charge in [0.15, 0.2) is 0 Å². The first-order chi connectivity index (χ1) is 9.97. The van der Waals surface area contributed by atoms with E-state index < -0.39 is 21.7 Å². The Morgan fingerprint density at radius 1 is 1.23 bits per heavy atom. The summed E-state index contributed by atoms with van der Waals surface area (Å²) in [6.45, 7) is 5.31. The fourth-order valence-electron chi connectivity index (χ4n) is 2.19. The largest absolute Gasteiger partial charge is 0.444 e. The number of sulfonamides is 1. The number of fused-ring (bicyclic) bond motifs is 1. The van der Waals surface area contributed by atoms with Crippen LogP contribution in [-0.2, 0) is 27.6 Å². The third-order valence-corrected chi connectivity index (χ3v) is 4.65. The lowest BCUT2D eigenvalue weighted by atomic mass is 9.87. The van der Waals surface area contributed by atoms with Crippen molar-refractivity contribution in [1.29, 1.82) is 0 Å². The van der Waals surface area contributed by atoms with Crippen molar-refractivity contribution in [3.05, 3.63) is 23.3 Å². The second-order valence-electron chi connectivity index (χ2n) is 6.50. The molecular formula is C15H22N2O4S. The Bertz CT molecular complexity index is 705. The van der Waals surface area contributed by atoms with Crippen molar-refractivity contribution in [2.24, 2.45) is 0 Å². The van der Waals surface area contributed by atoms with Crippen molar-refractivity contribution in [3.8, 4) is 0 Å². The van der Waals surface area contributed by atoms with Crippen molar-refractivity contribution >= 4 is 27.5 Å². The summed E-state index contributed by atoms with van der Waals surface area (Å²) in [5.74, 6) is 0. The fraction of sp³-hybridized carbons (Fsp3) is 0.533. The van der Waals surface area contributed by atoms with Gasteiger partial charge in [-0.15, -0.1) is 0 Å². The van der Waals surface area contributed by atoms with Gasteiger partial charge in [0, 0.05) is 7.05 Å². The number of hydrogen-bond acceptors (Lipinski definition) is 4. The van der Waals surface area contributed by atoms with E-state index in [0.717, 1.165) is 34.5 Å². The van der Waals surface area contributed by atoms with E-state index in [1.54, 1.807) is 20.8 Å². The molecule has 1 aliphatic carbocycles. The molecule has 0 aromatic heterocycles. The second kappa shape index (κ2) is 5.46. The molecule has 22 heavy (non-hydrogen) atoms. The number of anilines is 2. The highest BCUT2D eigenvalue weighted by atomic mass is 32.2. The minimum Gasteiger partial charge on any atom is -0.444 e. The Balaban J connectivity index is 2.34. The van der Waals surface area contributed by atoms with Gasteiger partial charge in [-0.05, 0) is 56.9 Å². The molecule has 1 aliphatic rings. The molecule has 0 spiro atoms. The van der Waals surface area contributed by atoms with Gasteiger partial charge in [-0.25, -0.2) is 13.2 Å². The topological polar surface area (TPSA) is 75.7 Å². The summed E-state index contributed by atoms with van der Waals surface area (Å²) in [6, 6.07) is 3.63. The van der Waals surface area contributed by atoms with E-state index in [4.69, 9.17) is 4.74 Å². The number of rotatable bonds is 3. The average molecular weight is 326 g/mol. The zero-order valence-corrected chi connectivity index (χ0v) is 14.4. The Hall–Kier alpha value is -1.76. The highest BCUT2D eigenvalue weighted by Gasteiger charge is 2.24. The first kappa shape index (κ1) is 16.6. The van der Waals surface area contributed by atoms with Crippen molar-refractivity contribution in [2.75, 3.05) is 22.9 Å². The van der Waals surface area contributed by atoms with Gasteiger partial charge < -0.3 is 4.74 Å². The maximum atomic E-state index is 12.0. The molecule has 1 amide bonds. The Morgan fingerprint density at radius 3 is 2.23 bits per heavy atom. The summed E-state index contributed by atoms with van der Waals surface area (Å²) in [4.78, 5) is 12.0. The van der Waals surface area contributed by atoms with Gasteiger partial charge >= 0.3 is 6.09 Å². The molecule has 6 nitrogen and oxygen atoms in total. The quantitative estimate of drug-likeness (QED) is 0.926. The van der Waals surface area contributed by atoms with E-state index in [0.29, 0.717) is 11.4 Å². The average Bonchev–Trinajstić information content (AvgIpc) is 2.28. The van der Waals surface area contributed by atoms with E-state index in [-0.39, 0.29) is 0 Å². The van der Waals surface area contributed by atoms with Crippen LogP contribution in [0.4, 0.5) is 16.2 Å². The first-order valence-corrected chi connectivity index (χ1v) is 8.92. The van der Waals surface area contributed by atoms with Crippen LogP contribution in [0.2, 0.25) is 0 Å². The molecule has 2 rings (SSSR count). The molecule has 1 aromatic rings. The molecule has 0 saturated carbocycles. The number of nitrogens with one attached hydrogen (secondary N) is 1. The summed E-state index contributed by atoms with van der Waals surface area (Å²) in [5.41, 5.74) is 2.51. The monoisotopic (exact) mass is 326 g/mol. The smallest absolute Gasteiger partial charge is 0.412 e. The number of carbonyl (C=O) groups is 1. The van der Waals surface area contributed by atoms with Gasteiger partial charge in [-0.1, -0.05) is 0 Å². The fourth-order valence-corrected chi connectivity index (χ4v) is 2.70. The van der Waals surface area contributed by atoms with Crippen LogP contribution in [0.15, 0.2) is 12.1 Å². The lowest BCUT2D eigenvalue weighted by Gasteiger charge is -2.27. The van der Waals surface area contributed by atoms with E-state index >= 15 is 0 Å². The SMILES string of the molecule is CN(c1cc2c(cc1NC(=O)OC(C)(C)C)CC2)S(C)(=O)=O. The molecule has 0 radical (unpaired) electrons. The Labute approximate surface area is 131 Å². The molecule has 1 aromatic carbocycles. The molecule has 0 saturated heterocycles. The molecular weight excluding hydrogens is 304 g/mol. The maximum Gasteiger partial charge on any atom is 0.412 e. The zero-order chi connectivity index (χ0) is 16.7. The Kier molecular flexibility index (Phi) is 4.12. The predicted molar refractivity (Wildman–Crippen MR) is 87.0 cm³/mol. The van der Waals surface area contributed by atoms with Gasteiger partial charge in [0.05, 0.1) is 17.6 Å². The maximum absolute atomic E-state index is 12.0. The number of amides is 1. The highest BCUT2D eigenvalue weighted by molar-refractivity contribution is 7.92. The van der Waals surface area contributed by atoms with E-state index in [1.807, 2.05) is 12.1 Å². The summed E-state index contributed by atoms with van der Waals surface area (Å²) in [5, 5.41) is 2.65. The van der Waals surface area contributed by atoms with Crippen LogP contribution in [-0.4, -0.2) is 33.4 Å². The number of benzene rings is 1.